The quantitative estimate of drug-likeness (QED) is 0.758. The van der Waals surface area contributed by atoms with Gasteiger partial charge in [-0.15, -0.1) is 0 Å². The first kappa shape index (κ1) is 15.7. The molecule has 1 aromatic rings. The minimum Gasteiger partial charge on any atom is -0.347 e. The van der Waals surface area contributed by atoms with Gasteiger partial charge in [0.25, 0.3) is 5.91 Å². The number of rotatable bonds is 6. The fourth-order valence-electron chi connectivity index (χ4n) is 1.99. The van der Waals surface area contributed by atoms with Crippen LogP contribution in [0.15, 0.2) is 24.3 Å². The molecule has 0 radical (unpaired) electrons. The standard InChI is InChI=1S/C17H27NO/c1-5-6-7-8-9-14-10-12-15(13-11-14)16(19)18-17(2,3)4/h10-13H,5-9H2,1-4H3,(H,18,19). The van der Waals surface area contributed by atoms with Crippen LogP contribution >= 0.6 is 0 Å². The number of unbranched alkanes of at least 4 members (excludes halogenated alkanes) is 3. The summed E-state index contributed by atoms with van der Waals surface area (Å²) in [5.41, 5.74) is 1.88. The molecule has 106 valence electrons. The summed E-state index contributed by atoms with van der Waals surface area (Å²) < 4.78 is 0. The Kier molecular flexibility index (Phi) is 6.07. The van der Waals surface area contributed by atoms with Crippen molar-refractivity contribution in [2.45, 2.75) is 65.3 Å². The minimum absolute atomic E-state index is 0.00466. The third kappa shape index (κ3) is 6.42. The SMILES string of the molecule is CCCCCCc1ccc(C(=O)NC(C)(C)C)cc1. The topological polar surface area (TPSA) is 29.1 Å². The first-order valence-electron chi connectivity index (χ1n) is 7.34. The number of hydrogen-bond acceptors (Lipinski definition) is 1. The molecule has 0 bridgehead atoms. The van der Waals surface area contributed by atoms with E-state index in [1.54, 1.807) is 0 Å². The predicted molar refractivity (Wildman–Crippen MR) is 81.5 cm³/mol. The molecule has 0 aliphatic heterocycles. The van der Waals surface area contributed by atoms with Crippen molar-refractivity contribution in [1.29, 1.82) is 0 Å². The largest absolute Gasteiger partial charge is 0.347 e. The van der Waals surface area contributed by atoms with Gasteiger partial charge in [0, 0.05) is 11.1 Å². The summed E-state index contributed by atoms with van der Waals surface area (Å²) in [6, 6.07) is 8.00. The van der Waals surface area contributed by atoms with Crippen LogP contribution in [0.3, 0.4) is 0 Å². The Morgan fingerprint density at radius 2 is 1.68 bits per heavy atom. The molecule has 0 unspecified atom stereocenters. The molecule has 0 aromatic heterocycles. The van der Waals surface area contributed by atoms with Gasteiger partial charge >= 0.3 is 0 Å². The molecular formula is C17H27NO. The average Bonchev–Trinajstić information content (AvgIpc) is 2.33. The van der Waals surface area contributed by atoms with Crippen molar-refractivity contribution < 1.29 is 4.79 Å². The zero-order valence-corrected chi connectivity index (χ0v) is 12.8. The second-order valence-electron chi connectivity index (χ2n) is 6.21. The normalized spacial score (nSPS) is 11.4. The highest BCUT2D eigenvalue weighted by atomic mass is 16.1. The van der Waals surface area contributed by atoms with E-state index in [1.807, 2.05) is 32.9 Å². The highest BCUT2D eigenvalue weighted by Gasteiger charge is 2.14. The molecule has 1 amide bonds. The molecule has 0 aliphatic rings. The van der Waals surface area contributed by atoms with E-state index in [1.165, 1.54) is 31.2 Å². The molecule has 0 spiro atoms. The van der Waals surface area contributed by atoms with Gasteiger partial charge in [-0.2, -0.15) is 0 Å². The van der Waals surface area contributed by atoms with Gasteiger partial charge < -0.3 is 5.32 Å². The summed E-state index contributed by atoms with van der Waals surface area (Å²) in [5.74, 6) is 0.00466. The molecule has 1 N–H and O–H groups in total. The lowest BCUT2D eigenvalue weighted by molar-refractivity contribution is 0.0919. The molecule has 2 nitrogen and oxygen atoms in total. The Morgan fingerprint density at radius 3 is 2.21 bits per heavy atom. The molecule has 0 heterocycles. The summed E-state index contributed by atoms with van der Waals surface area (Å²) in [5, 5.41) is 2.98. The van der Waals surface area contributed by atoms with Crippen LogP contribution in [0.2, 0.25) is 0 Å². The van der Waals surface area contributed by atoms with Crippen LogP contribution in [-0.2, 0) is 6.42 Å². The van der Waals surface area contributed by atoms with Crippen molar-refractivity contribution in [3.8, 4) is 0 Å². The third-order valence-corrected chi connectivity index (χ3v) is 3.02. The number of carbonyl (C=O) groups excluding carboxylic acids is 1. The van der Waals surface area contributed by atoms with Crippen LogP contribution < -0.4 is 5.32 Å². The Balaban J connectivity index is 2.49. The molecule has 0 atom stereocenters. The Labute approximate surface area is 117 Å². The monoisotopic (exact) mass is 261 g/mol. The molecule has 0 fully saturated rings. The van der Waals surface area contributed by atoms with Gasteiger partial charge in [0.05, 0.1) is 0 Å². The number of benzene rings is 1. The highest BCUT2D eigenvalue weighted by Crippen LogP contribution is 2.11. The second kappa shape index (κ2) is 7.32. The van der Waals surface area contributed by atoms with E-state index < -0.39 is 0 Å². The Bertz CT molecular complexity index is 387. The summed E-state index contributed by atoms with van der Waals surface area (Å²) >= 11 is 0. The van der Waals surface area contributed by atoms with Crippen LogP contribution in [-0.4, -0.2) is 11.4 Å². The highest BCUT2D eigenvalue weighted by molar-refractivity contribution is 5.94. The van der Waals surface area contributed by atoms with E-state index in [0.29, 0.717) is 0 Å². The van der Waals surface area contributed by atoms with E-state index in [9.17, 15) is 4.79 Å². The van der Waals surface area contributed by atoms with E-state index >= 15 is 0 Å². The second-order valence-corrected chi connectivity index (χ2v) is 6.21. The fourth-order valence-corrected chi connectivity index (χ4v) is 1.99. The lowest BCUT2D eigenvalue weighted by Gasteiger charge is -2.20. The van der Waals surface area contributed by atoms with Crippen LogP contribution in [0, 0.1) is 0 Å². The summed E-state index contributed by atoms with van der Waals surface area (Å²) in [6.07, 6.45) is 6.23. The minimum atomic E-state index is -0.185. The number of amides is 1. The first-order chi connectivity index (χ1) is 8.92. The zero-order valence-electron chi connectivity index (χ0n) is 12.8. The van der Waals surface area contributed by atoms with Crippen LogP contribution in [0.25, 0.3) is 0 Å². The Hall–Kier alpha value is -1.31. The Morgan fingerprint density at radius 1 is 1.05 bits per heavy atom. The van der Waals surface area contributed by atoms with E-state index in [-0.39, 0.29) is 11.4 Å². The summed E-state index contributed by atoms with van der Waals surface area (Å²) in [6.45, 7) is 8.20. The number of aryl methyl sites for hydroxylation is 1. The number of nitrogens with one attached hydrogen (secondary N) is 1. The van der Waals surface area contributed by atoms with Gasteiger partial charge in [-0.1, -0.05) is 38.3 Å². The van der Waals surface area contributed by atoms with Crippen molar-refractivity contribution in [2.24, 2.45) is 0 Å². The van der Waals surface area contributed by atoms with Gasteiger partial charge in [0.15, 0.2) is 0 Å². The maximum Gasteiger partial charge on any atom is 0.251 e. The van der Waals surface area contributed by atoms with Crippen LogP contribution in [0.4, 0.5) is 0 Å². The van der Waals surface area contributed by atoms with E-state index in [2.05, 4.69) is 24.4 Å². The zero-order chi connectivity index (χ0) is 14.3. The van der Waals surface area contributed by atoms with Gasteiger partial charge in [-0.3, -0.25) is 4.79 Å². The molecule has 0 saturated heterocycles. The van der Waals surface area contributed by atoms with E-state index in [4.69, 9.17) is 0 Å². The third-order valence-electron chi connectivity index (χ3n) is 3.02. The molecule has 2 heteroatoms. The number of hydrogen-bond donors (Lipinski definition) is 1. The molecule has 19 heavy (non-hydrogen) atoms. The maximum absolute atomic E-state index is 12.0. The summed E-state index contributed by atoms with van der Waals surface area (Å²) in [7, 11) is 0. The van der Waals surface area contributed by atoms with Crippen LogP contribution in [0.5, 0.6) is 0 Å². The molecule has 1 aromatic carbocycles. The van der Waals surface area contributed by atoms with E-state index in [0.717, 1.165) is 12.0 Å². The molecule has 1 rings (SSSR count). The lowest BCUT2D eigenvalue weighted by Crippen LogP contribution is -2.40. The molecule has 0 aliphatic carbocycles. The fraction of sp³-hybridized carbons (Fsp3) is 0.588. The lowest BCUT2D eigenvalue weighted by atomic mass is 10.0. The van der Waals surface area contributed by atoms with Crippen molar-refractivity contribution in [2.75, 3.05) is 0 Å². The first-order valence-corrected chi connectivity index (χ1v) is 7.34. The van der Waals surface area contributed by atoms with Gasteiger partial charge in [-0.25, -0.2) is 0 Å². The molecule has 0 saturated carbocycles. The van der Waals surface area contributed by atoms with Crippen molar-refractivity contribution in [1.82, 2.24) is 5.32 Å². The van der Waals surface area contributed by atoms with Gasteiger partial charge in [0.2, 0.25) is 0 Å². The van der Waals surface area contributed by atoms with Gasteiger partial charge in [0.1, 0.15) is 0 Å². The average molecular weight is 261 g/mol. The molecular weight excluding hydrogens is 234 g/mol. The van der Waals surface area contributed by atoms with Crippen molar-refractivity contribution in [3.63, 3.8) is 0 Å². The van der Waals surface area contributed by atoms with Gasteiger partial charge in [-0.05, 0) is 51.3 Å². The predicted octanol–water partition coefficient (Wildman–Crippen LogP) is 4.34. The van der Waals surface area contributed by atoms with Crippen LogP contribution in [0.1, 0.15) is 69.3 Å². The van der Waals surface area contributed by atoms with Crippen molar-refractivity contribution >= 4 is 5.91 Å². The maximum atomic E-state index is 12.0. The smallest absolute Gasteiger partial charge is 0.251 e. The number of carbonyl (C=O) groups is 1. The van der Waals surface area contributed by atoms with Crippen molar-refractivity contribution in [3.05, 3.63) is 35.4 Å². The summed E-state index contributed by atoms with van der Waals surface area (Å²) in [4.78, 5) is 12.0.